The molecule has 0 radical (unpaired) electrons. The molecule has 1 aromatic carbocycles. The second-order valence-electron chi connectivity index (χ2n) is 6.32. The Hall–Kier alpha value is -1.79. The van der Waals surface area contributed by atoms with Crippen LogP contribution in [0.1, 0.15) is 25.0 Å². The summed E-state index contributed by atoms with van der Waals surface area (Å²) in [4.78, 5) is 19.2. The number of morpholine rings is 1. The molecule has 0 N–H and O–H groups in total. The molecule has 1 saturated heterocycles. The lowest BCUT2D eigenvalue weighted by atomic mass is 10.1. The van der Waals surface area contributed by atoms with Crippen LogP contribution in [0.25, 0.3) is 10.6 Å². The molecule has 2 aromatic rings. The topological polar surface area (TPSA) is 42.4 Å². The van der Waals surface area contributed by atoms with Gasteiger partial charge in [-0.3, -0.25) is 4.79 Å². The van der Waals surface area contributed by atoms with Crippen molar-refractivity contribution in [3.8, 4) is 10.6 Å². The molecule has 0 unspecified atom stereocenters. The minimum Gasteiger partial charge on any atom is -0.374 e. The van der Waals surface area contributed by atoms with Crippen LogP contribution in [0.15, 0.2) is 29.6 Å². The number of carbonyl (C=O) groups excluding carboxylic acids is 1. The van der Waals surface area contributed by atoms with Crippen LogP contribution in [0.2, 0.25) is 0 Å². The summed E-state index contributed by atoms with van der Waals surface area (Å²) in [6.45, 7) is 1.31. The minimum atomic E-state index is -0.260. The number of hydrogen-bond acceptors (Lipinski definition) is 4. The minimum absolute atomic E-state index is 0.131. The Balaban J connectivity index is 1.45. The molecular formula is C18H19FN2O2S. The SMILES string of the molecule is O=C(Cc1csc(-c2ccc(F)cc2)n1)N1CCO[C@H]2CCC[C@@H]21. The van der Waals surface area contributed by atoms with Gasteiger partial charge in [0.15, 0.2) is 0 Å². The van der Waals surface area contributed by atoms with Crippen LogP contribution in [0, 0.1) is 5.82 Å². The van der Waals surface area contributed by atoms with Crippen LogP contribution in [0.4, 0.5) is 4.39 Å². The molecule has 1 aliphatic carbocycles. The largest absolute Gasteiger partial charge is 0.374 e. The molecular weight excluding hydrogens is 327 g/mol. The lowest BCUT2D eigenvalue weighted by Gasteiger charge is -2.37. The van der Waals surface area contributed by atoms with Gasteiger partial charge in [0, 0.05) is 17.5 Å². The number of carbonyl (C=O) groups is 1. The van der Waals surface area contributed by atoms with Crippen LogP contribution in [0.3, 0.4) is 0 Å². The van der Waals surface area contributed by atoms with Crippen molar-refractivity contribution in [2.24, 2.45) is 0 Å². The normalized spacial score (nSPS) is 23.3. The third kappa shape index (κ3) is 3.08. The summed E-state index contributed by atoms with van der Waals surface area (Å²) in [5.41, 5.74) is 1.66. The molecule has 2 heterocycles. The number of benzene rings is 1. The van der Waals surface area contributed by atoms with E-state index in [2.05, 4.69) is 4.98 Å². The van der Waals surface area contributed by atoms with Crippen molar-refractivity contribution >= 4 is 17.2 Å². The summed E-state index contributed by atoms with van der Waals surface area (Å²) in [5, 5.41) is 2.74. The predicted octanol–water partition coefficient (Wildman–Crippen LogP) is 3.27. The zero-order chi connectivity index (χ0) is 16.5. The van der Waals surface area contributed by atoms with E-state index >= 15 is 0 Å². The van der Waals surface area contributed by atoms with E-state index < -0.39 is 0 Å². The average Bonchev–Trinajstić information content (AvgIpc) is 3.24. The van der Waals surface area contributed by atoms with E-state index in [1.54, 1.807) is 12.1 Å². The Morgan fingerprint density at radius 2 is 2.17 bits per heavy atom. The van der Waals surface area contributed by atoms with Crippen LogP contribution in [-0.2, 0) is 16.0 Å². The van der Waals surface area contributed by atoms with Crippen molar-refractivity contribution in [3.05, 3.63) is 41.2 Å². The molecule has 4 rings (SSSR count). The van der Waals surface area contributed by atoms with Gasteiger partial charge in [-0.25, -0.2) is 9.37 Å². The van der Waals surface area contributed by atoms with Gasteiger partial charge in [0.1, 0.15) is 10.8 Å². The van der Waals surface area contributed by atoms with E-state index in [1.807, 2.05) is 10.3 Å². The molecule has 1 saturated carbocycles. The molecule has 1 aromatic heterocycles. The van der Waals surface area contributed by atoms with Crippen LogP contribution in [-0.4, -0.2) is 41.1 Å². The fourth-order valence-electron chi connectivity index (χ4n) is 3.61. The second-order valence-corrected chi connectivity index (χ2v) is 7.18. The molecule has 24 heavy (non-hydrogen) atoms. The van der Waals surface area contributed by atoms with Crippen molar-refractivity contribution in [1.29, 1.82) is 0 Å². The molecule has 2 aliphatic rings. The van der Waals surface area contributed by atoms with Gasteiger partial charge < -0.3 is 9.64 Å². The first-order chi connectivity index (χ1) is 11.7. The van der Waals surface area contributed by atoms with Crippen LogP contribution >= 0.6 is 11.3 Å². The van der Waals surface area contributed by atoms with E-state index in [-0.39, 0.29) is 23.9 Å². The summed E-state index contributed by atoms with van der Waals surface area (Å²) >= 11 is 1.49. The lowest BCUT2D eigenvalue weighted by Crippen LogP contribution is -2.51. The molecule has 2 atom stereocenters. The maximum atomic E-state index is 13.0. The first-order valence-electron chi connectivity index (χ1n) is 8.32. The van der Waals surface area contributed by atoms with E-state index in [9.17, 15) is 9.18 Å². The predicted molar refractivity (Wildman–Crippen MR) is 90.3 cm³/mol. The number of rotatable bonds is 3. The maximum absolute atomic E-state index is 13.0. The van der Waals surface area contributed by atoms with Crippen LogP contribution in [0.5, 0.6) is 0 Å². The summed E-state index contributed by atoms with van der Waals surface area (Å²) in [6, 6.07) is 6.52. The first kappa shape index (κ1) is 15.7. The number of aromatic nitrogens is 1. The summed E-state index contributed by atoms with van der Waals surface area (Å²) in [7, 11) is 0. The number of fused-ring (bicyclic) bond motifs is 1. The molecule has 1 amide bonds. The Bertz CT molecular complexity index is 731. The zero-order valence-electron chi connectivity index (χ0n) is 13.3. The smallest absolute Gasteiger partial charge is 0.229 e. The fraction of sp³-hybridized carbons (Fsp3) is 0.444. The monoisotopic (exact) mass is 346 g/mol. The fourth-order valence-corrected chi connectivity index (χ4v) is 4.43. The van der Waals surface area contributed by atoms with Crippen molar-refractivity contribution in [3.63, 3.8) is 0 Å². The van der Waals surface area contributed by atoms with Gasteiger partial charge in [-0.05, 0) is 43.5 Å². The number of amides is 1. The molecule has 126 valence electrons. The molecule has 0 bridgehead atoms. The van der Waals surface area contributed by atoms with Crippen LogP contribution < -0.4 is 0 Å². The number of hydrogen-bond donors (Lipinski definition) is 0. The van der Waals surface area contributed by atoms with E-state index in [0.29, 0.717) is 19.6 Å². The van der Waals surface area contributed by atoms with Gasteiger partial charge >= 0.3 is 0 Å². The van der Waals surface area contributed by atoms with Crippen molar-refractivity contribution < 1.29 is 13.9 Å². The van der Waals surface area contributed by atoms with Gasteiger partial charge in [0.05, 0.1) is 30.9 Å². The Morgan fingerprint density at radius 1 is 1.33 bits per heavy atom. The van der Waals surface area contributed by atoms with E-state index in [0.717, 1.165) is 35.5 Å². The molecule has 6 heteroatoms. The van der Waals surface area contributed by atoms with E-state index in [1.165, 1.54) is 23.5 Å². The second kappa shape index (κ2) is 6.61. The maximum Gasteiger partial charge on any atom is 0.229 e. The summed E-state index contributed by atoms with van der Waals surface area (Å²) < 4.78 is 18.8. The zero-order valence-corrected chi connectivity index (χ0v) is 14.1. The standard InChI is InChI=1S/C18H19FN2O2S/c19-13-6-4-12(5-7-13)18-20-14(11-24-18)10-17(22)21-8-9-23-16-3-1-2-15(16)21/h4-7,11,15-16H,1-3,8-10H2/t15-,16-/m0/s1. The highest BCUT2D eigenvalue weighted by Crippen LogP contribution is 2.30. The summed E-state index contributed by atoms with van der Waals surface area (Å²) in [5.74, 6) is -0.129. The highest BCUT2D eigenvalue weighted by molar-refractivity contribution is 7.13. The van der Waals surface area contributed by atoms with Crippen molar-refractivity contribution in [1.82, 2.24) is 9.88 Å². The Labute approximate surface area is 144 Å². The van der Waals surface area contributed by atoms with Gasteiger partial charge in [0.2, 0.25) is 5.91 Å². The van der Waals surface area contributed by atoms with Gasteiger partial charge in [-0.1, -0.05) is 0 Å². The quantitative estimate of drug-likeness (QED) is 0.857. The number of halogens is 1. The highest BCUT2D eigenvalue weighted by atomic mass is 32.1. The lowest BCUT2D eigenvalue weighted by molar-refractivity contribution is -0.143. The van der Waals surface area contributed by atoms with Gasteiger partial charge in [0.25, 0.3) is 0 Å². The Morgan fingerprint density at radius 3 is 3.00 bits per heavy atom. The van der Waals surface area contributed by atoms with E-state index in [4.69, 9.17) is 4.74 Å². The van der Waals surface area contributed by atoms with Gasteiger partial charge in [-0.15, -0.1) is 11.3 Å². The molecule has 0 spiro atoms. The summed E-state index contributed by atoms with van der Waals surface area (Å²) in [6.07, 6.45) is 3.76. The van der Waals surface area contributed by atoms with Gasteiger partial charge in [-0.2, -0.15) is 0 Å². The number of thiazole rings is 1. The first-order valence-corrected chi connectivity index (χ1v) is 9.20. The third-order valence-electron chi connectivity index (χ3n) is 4.78. The number of nitrogens with zero attached hydrogens (tertiary/aromatic N) is 2. The van der Waals surface area contributed by atoms with Crippen molar-refractivity contribution in [2.75, 3.05) is 13.2 Å². The van der Waals surface area contributed by atoms with Crippen molar-refractivity contribution in [2.45, 2.75) is 37.8 Å². The average molecular weight is 346 g/mol. The molecule has 4 nitrogen and oxygen atoms in total. The number of ether oxygens (including phenoxy) is 1. The third-order valence-corrected chi connectivity index (χ3v) is 5.72. The highest BCUT2D eigenvalue weighted by Gasteiger charge is 2.38. The molecule has 2 fully saturated rings. The Kier molecular flexibility index (Phi) is 4.33. The molecule has 1 aliphatic heterocycles.